The average molecular weight is 241 g/mol. The summed E-state index contributed by atoms with van der Waals surface area (Å²) in [4.78, 5) is 0. The monoisotopic (exact) mass is 241 g/mol. The van der Waals surface area contributed by atoms with E-state index < -0.39 is 0 Å². The number of nitrogens with zero attached hydrogens (tertiary/aromatic N) is 2. The summed E-state index contributed by atoms with van der Waals surface area (Å²) < 4.78 is 1.97. The van der Waals surface area contributed by atoms with Crippen LogP contribution < -0.4 is 5.73 Å². The Kier molecular flexibility index (Phi) is 2.71. The number of aryl methyl sites for hydroxylation is 2. The zero-order valence-electron chi connectivity index (χ0n) is 10.9. The Hall–Kier alpha value is -1.61. The third kappa shape index (κ3) is 1.85. The van der Waals surface area contributed by atoms with Crippen LogP contribution >= 0.6 is 0 Å². The molecule has 0 spiro atoms. The van der Waals surface area contributed by atoms with E-state index in [1.165, 1.54) is 22.4 Å². The van der Waals surface area contributed by atoms with E-state index in [0.29, 0.717) is 5.92 Å². The number of nitrogens with two attached hydrogens (primary N) is 1. The average Bonchev–Trinajstić information content (AvgIpc) is 2.72. The van der Waals surface area contributed by atoms with E-state index in [9.17, 15) is 0 Å². The van der Waals surface area contributed by atoms with E-state index in [2.05, 4.69) is 36.3 Å². The summed E-state index contributed by atoms with van der Waals surface area (Å²) in [5, 5.41) is 4.33. The van der Waals surface area contributed by atoms with Crippen molar-refractivity contribution in [1.29, 1.82) is 0 Å². The molecule has 1 aromatic heterocycles. The summed E-state index contributed by atoms with van der Waals surface area (Å²) in [7, 11) is 2.00. The van der Waals surface area contributed by atoms with Crippen LogP contribution in [0.15, 0.2) is 30.5 Å². The zero-order valence-corrected chi connectivity index (χ0v) is 10.9. The second-order valence-electron chi connectivity index (χ2n) is 5.33. The maximum atomic E-state index is 6.27. The van der Waals surface area contributed by atoms with E-state index >= 15 is 0 Å². The SMILES string of the molecule is Cc1cccc(C2Cc3c(cnn3C)C(N)C2)c1. The number of fused-ring (bicyclic) bond motifs is 1. The summed E-state index contributed by atoms with van der Waals surface area (Å²) in [5.41, 5.74) is 11.5. The summed E-state index contributed by atoms with van der Waals surface area (Å²) in [5.74, 6) is 0.516. The second kappa shape index (κ2) is 4.25. The van der Waals surface area contributed by atoms with Gasteiger partial charge in [-0.05, 0) is 31.2 Å². The molecule has 2 unspecified atom stereocenters. The highest BCUT2D eigenvalue weighted by Gasteiger charge is 2.28. The highest BCUT2D eigenvalue weighted by atomic mass is 15.3. The van der Waals surface area contributed by atoms with Gasteiger partial charge in [0, 0.05) is 24.3 Å². The van der Waals surface area contributed by atoms with Gasteiger partial charge in [0.2, 0.25) is 0 Å². The van der Waals surface area contributed by atoms with E-state index in [4.69, 9.17) is 5.73 Å². The summed E-state index contributed by atoms with van der Waals surface area (Å²) in [6.07, 6.45) is 3.98. The molecule has 94 valence electrons. The molecular formula is C15H19N3. The van der Waals surface area contributed by atoms with Gasteiger partial charge < -0.3 is 5.73 Å². The highest BCUT2D eigenvalue weighted by Crippen LogP contribution is 2.37. The van der Waals surface area contributed by atoms with Crippen molar-refractivity contribution in [2.75, 3.05) is 0 Å². The molecule has 3 nitrogen and oxygen atoms in total. The van der Waals surface area contributed by atoms with Crippen molar-refractivity contribution < 1.29 is 0 Å². The van der Waals surface area contributed by atoms with Crippen molar-refractivity contribution >= 4 is 0 Å². The highest BCUT2D eigenvalue weighted by molar-refractivity contribution is 5.33. The van der Waals surface area contributed by atoms with E-state index in [-0.39, 0.29) is 6.04 Å². The predicted octanol–water partition coefficient (Wildman–Crippen LogP) is 2.46. The van der Waals surface area contributed by atoms with Gasteiger partial charge in [-0.1, -0.05) is 29.8 Å². The Morgan fingerprint density at radius 2 is 2.22 bits per heavy atom. The van der Waals surface area contributed by atoms with Crippen molar-refractivity contribution in [2.24, 2.45) is 12.8 Å². The van der Waals surface area contributed by atoms with Crippen molar-refractivity contribution in [3.8, 4) is 0 Å². The maximum absolute atomic E-state index is 6.27. The van der Waals surface area contributed by atoms with Crippen molar-refractivity contribution in [3.63, 3.8) is 0 Å². The van der Waals surface area contributed by atoms with Gasteiger partial charge >= 0.3 is 0 Å². The van der Waals surface area contributed by atoms with Gasteiger partial charge in [-0.25, -0.2) is 0 Å². The van der Waals surface area contributed by atoms with Gasteiger partial charge in [0.25, 0.3) is 0 Å². The van der Waals surface area contributed by atoms with Crippen molar-refractivity contribution in [3.05, 3.63) is 52.8 Å². The largest absolute Gasteiger partial charge is 0.324 e. The second-order valence-corrected chi connectivity index (χ2v) is 5.33. The molecule has 1 aliphatic rings. The van der Waals surface area contributed by atoms with E-state index in [1.54, 1.807) is 0 Å². The van der Waals surface area contributed by atoms with Crippen LogP contribution in [0, 0.1) is 6.92 Å². The molecule has 0 bridgehead atoms. The molecule has 18 heavy (non-hydrogen) atoms. The molecule has 0 aliphatic heterocycles. The fraction of sp³-hybridized carbons (Fsp3) is 0.400. The minimum Gasteiger partial charge on any atom is -0.324 e. The Labute approximate surface area is 108 Å². The Balaban J connectivity index is 1.96. The molecule has 3 rings (SSSR count). The van der Waals surface area contributed by atoms with Gasteiger partial charge in [-0.15, -0.1) is 0 Å². The molecule has 3 heteroatoms. The third-order valence-electron chi connectivity index (χ3n) is 3.99. The Morgan fingerprint density at radius 3 is 3.00 bits per heavy atom. The molecule has 2 N–H and O–H groups in total. The van der Waals surface area contributed by atoms with Crippen LogP contribution in [0.4, 0.5) is 0 Å². The fourth-order valence-corrected chi connectivity index (χ4v) is 2.97. The summed E-state index contributed by atoms with van der Waals surface area (Å²) in [6, 6.07) is 8.88. The van der Waals surface area contributed by atoms with Gasteiger partial charge in [0.05, 0.1) is 6.20 Å². The standard InChI is InChI=1S/C15H19N3/c1-10-4-3-5-11(6-10)12-7-14(16)13-9-17-18(2)15(13)8-12/h3-6,9,12,14H,7-8,16H2,1-2H3. The zero-order chi connectivity index (χ0) is 12.7. The fourth-order valence-electron chi connectivity index (χ4n) is 2.97. The lowest BCUT2D eigenvalue weighted by molar-refractivity contribution is 0.486. The topological polar surface area (TPSA) is 43.8 Å². The van der Waals surface area contributed by atoms with Crippen molar-refractivity contribution in [1.82, 2.24) is 9.78 Å². The third-order valence-corrected chi connectivity index (χ3v) is 3.99. The van der Waals surface area contributed by atoms with Crippen molar-refractivity contribution in [2.45, 2.75) is 31.7 Å². The first-order valence-electron chi connectivity index (χ1n) is 6.48. The number of hydrogen-bond donors (Lipinski definition) is 1. The smallest absolute Gasteiger partial charge is 0.0540 e. The molecule has 0 fully saturated rings. The molecule has 2 atom stereocenters. The minimum atomic E-state index is 0.118. The normalized spacial score (nSPS) is 22.8. The molecule has 1 aromatic carbocycles. The molecule has 1 aliphatic carbocycles. The quantitative estimate of drug-likeness (QED) is 0.833. The molecule has 2 aromatic rings. The summed E-state index contributed by atoms with van der Waals surface area (Å²) in [6.45, 7) is 2.14. The van der Waals surface area contributed by atoms with E-state index in [0.717, 1.165) is 12.8 Å². The van der Waals surface area contributed by atoms with Gasteiger partial charge in [0.15, 0.2) is 0 Å². The van der Waals surface area contributed by atoms with Crippen LogP contribution in [-0.2, 0) is 13.5 Å². The number of hydrogen-bond acceptors (Lipinski definition) is 2. The lowest BCUT2D eigenvalue weighted by atomic mass is 9.80. The number of rotatable bonds is 1. The Bertz CT molecular complexity index is 571. The Morgan fingerprint density at radius 1 is 1.39 bits per heavy atom. The van der Waals surface area contributed by atoms with Crippen LogP contribution in [0.1, 0.15) is 40.8 Å². The van der Waals surface area contributed by atoms with Gasteiger partial charge in [-0.3, -0.25) is 4.68 Å². The van der Waals surface area contributed by atoms with Gasteiger partial charge in [0.1, 0.15) is 0 Å². The first-order valence-corrected chi connectivity index (χ1v) is 6.48. The van der Waals surface area contributed by atoms with Crippen LogP contribution in [-0.4, -0.2) is 9.78 Å². The first-order chi connectivity index (χ1) is 8.65. The summed E-state index contributed by atoms with van der Waals surface area (Å²) >= 11 is 0. The van der Waals surface area contributed by atoms with Crippen LogP contribution in [0.3, 0.4) is 0 Å². The predicted molar refractivity (Wildman–Crippen MR) is 72.4 cm³/mol. The number of aromatic nitrogens is 2. The lowest BCUT2D eigenvalue weighted by Crippen LogP contribution is -2.23. The molecule has 0 saturated carbocycles. The molecular weight excluding hydrogens is 222 g/mol. The van der Waals surface area contributed by atoms with Gasteiger partial charge in [-0.2, -0.15) is 5.10 Å². The van der Waals surface area contributed by atoms with Crippen LogP contribution in [0.2, 0.25) is 0 Å². The first kappa shape index (κ1) is 11.5. The maximum Gasteiger partial charge on any atom is 0.0540 e. The molecule has 0 saturated heterocycles. The lowest BCUT2D eigenvalue weighted by Gasteiger charge is -2.27. The van der Waals surface area contributed by atoms with Crippen LogP contribution in [0.25, 0.3) is 0 Å². The minimum absolute atomic E-state index is 0.118. The molecule has 1 heterocycles. The molecule has 0 radical (unpaired) electrons. The van der Waals surface area contributed by atoms with Crippen LogP contribution in [0.5, 0.6) is 0 Å². The molecule has 0 amide bonds. The number of benzene rings is 1. The van der Waals surface area contributed by atoms with E-state index in [1.807, 2.05) is 17.9 Å².